The van der Waals surface area contributed by atoms with Crippen molar-refractivity contribution in [2.45, 2.75) is 82.3 Å². The average molecular weight is 526 g/mol. The minimum Gasteiger partial charge on any atom is -0.478 e. The summed E-state index contributed by atoms with van der Waals surface area (Å²) in [5.74, 6) is 0.164. The summed E-state index contributed by atoms with van der Waals surface area (Å²) in [4.78, 5) is 21.5. The highest BCUT2D eigenvalue weighted by Gasteiger charge is 2.42. The van der Waals surface area contributed by atoms with Crippen molar-refractivity contribution in [2.75, 3.05) is 4.90 Å². The Hall–Kier alpha value is -3.33. The third kappa shape index (κ3) is 4.57. The number of piperidine rings is 1. The van der Waals surface area contributed by atoms with Crippen molar-refractivity contribution in [2.24, 2.45) is 0 Å². The zero-order chi connectivity index (χ0) is 26.6. The number of carbonyl (C=O) groups is 1. The molecular formula is C29H30F3N3O3. The normalized spacial score (nSPS) is 23.2. The topological polar surface area (TPSA) is 78.5 Å². The SMILES string of the molecule is Cc1nc(N2C3CCC2CC(OCc2c(-c4ccccc4C(F)(F)F)c[nH]c2C2CC2)C3)ccc1C(=O)O. The number of hydrogen-bond acceptors (Lipinski definition) is 4. The Bertz CT molecular complexity index is 1350. The standard InChI is InChI=1S/C29H30F3N3O3/c1-16-21(28(36)37)10-11-26(34-16)35-18-8-9-19(35)13-20(12-18)38-15-24-23(14-33-27(24)17-6-7-17)22-4-2-3-5-25(22)29(30,31)32/h2-5,10-11,14,17-20,33H,6-9,12-13,15H2,1H3,(H,36,37). The first-order valence-corrected chi connectivity index (χ1v) is 13.2. The maximum Gasteiger partial charge on any atom is 0.417 e. The summed E-state index contributed by atoms with van der Waals surface area (Å²) < 4.78 is 47.8. The van der Waals surface area contributed by atoms with Crippen LogP contribution in [-0.2, 0) is 17.5 Å². The van der Waals surface area contributed by atoms with Gasteiger partial charge in [-0.1, -0.05) is 18.2 Å². The maximum absolute atomic E-state index is 13.8. The fourth-order valence-corrected chi connectivity index (χ4v) is 6.32. The van der Waals surface area contributed by atoms with Crippen molar-refractivity contribution in [1.82, 2.24) is 9.97 Å². The number of hydrogen-bond donors (Lipinski definition) is 2. The molecule has 2 unspecified atom stereocenters. The second-order valence-corrected chi connectivity index (χ2v) is 10.7. The largest absolute Gasteiger partial charge is 0.478 e. The number of benzene rings is 1. The second-order valence-electron chi connectivity index (χ2n) is 10.7. The number of H-pyrrole nitrogens is 1. The van der Waals surface area contributed by atoms with Crippen LogP contribution in [0.25, 0.3) is 11.1 Å². The van der Waals surface area contributed by atoms with Crippen LogP contribution in [0, 0.1) is 6.92 Å². The third-order valence-corrected chi connectivity index (χ3v) is 8.25. The van der Waals surface area contributed by atoms with E-state index in [1.54, 1.807) is 31.3 Å². The number of pyridine rings is 1. The third-order valence-electron chi connectivity index (χ3n) is 8.25. The van der Waals surface area contributed by atoms with Crippen LogP contribution in [0.5, 0.6) is 0 Å². The van der Waals surface area contributed by atoms with Crippen LogP contribution < -0.4 is 4.90 Å². The molecule has 4 heterocycles. The number of carboxylic acid groups (broad SMARTS) is 1. The minimum absolute atomic E-state index is 0.00389. The predicted molar refractivity (Wildman–Crippen MR) is 136 cm³/mol. The van der Waals surface area contributed by atoms with E-state index in [4.69, 9.17) is 4.74 Å². The van der Waals surface area contributed by atoms with E-state index in [0.717, 1.165) is 61.7 Å². The number of aromatic amines is 1. The van der Waals surface area contributed by atoms with Crippen LogP contribution in [0.3, 0.4) is 0 Å². The van der Waals surface area contributed by atoms with E-state index in [9.17, 15) is 23.1 Å². The Morgan fingerprint density at radius 3 is 2.42 bits per heavy atom. The van der Waals surface area contributed by atoms with Crippen LogP contribution in [0.2, 0.25) is 0 Å². The lowest BCUT2D eigenvalue weighted by atomic mass is 9.96. The van der Waals surface area contributed by atoms with Gasteiger partial charge in [-0.15, -0.1) is 0 Å². The molecule has 1 aromatic carbocycles. The van der Waals surface area contributed by atoms with Crippen molar-refractivity contribution in [3.8, 4) is 11.1 Å². The molecule has 0 spiro atoms. The summed E-state index contributed by atoms with van der Waals surface area (Å²) in [6, 6.07) is 9.62. The number of halogens is 3. The predicted octanol–water partition coefficient (Wildman–Crippen LogP) is 6.70. The van der Waals surface area contributed by atoms with Crippen molar-refractivity contribution in [1.29, 1.82) is 0 Å². The number of alkyl halides is 3. The van der Waals surface area contributed by atoms with Gasteiger partial charge in [0, 0.05) is 35.1 Å². The lowest BCUT2D eigenvalue weighted by molar-refractivity contribution is -0.137. The van der Waals surface area contributed by atoms with E-state index in [0.29, 0.717) is 17.2 Å². The van der Waals surface area contributed by atoms with Crippen LogP contribution in [0.1, 0.15) is 77.3 Å². The Morgan fingerprint density at radius 1 is 1.08 bits per heavy atom. The van der Waals surface area contributed by atoms with E-state index in [1.165, 1.54) is 12.1 Å². The molecule has 1 saturated carbocycles. The van der Waals surface area contributed by atoms with Crippen molar-refractivity contribution >= 4 is 11.8 Å². The molecule has 2 atom stereocenters. The Balaban J connectivity index is 1.21. The fourth-order valence-electron chi connectivity index (χ4n) is 6.32. The second kappa shape index (κ2) is 9.45. The number of aromatic carboxylic acids is 1. The molecule has 2 saturated heterocycles. The van der Waals surface area contributed by atoms with Crippen LogP contribution in [-0.4, -0.2) is 39.2 Å². The summed E-state index contributed by atoms with van der Waals surface area (Å²) >= 11 is 0. The van der Waals surface area contributed by atoms with Gasteiger partial charge < -0.3 is 19.7 Å². The molecule has 0 radical (unpaired) electrons. The van der Waals surface area contributed by atoms with Crippen LogP contribution >= 0.6 is 0 Å². The van der Waals surface area contributed by atoms with Crippen molar-refractivity contribution < 1.29 is 27.8 Å². The van der Waals surface area contributed by atoms with Gasteiger partial charge in [0.05, 0.1) is 29.5 Å². The van der Waals surface area contributed by atoms with Gasteiger partial charge in [0.1, 0.15) is 5.82 Å². The summed E-state index contributed by atoms with van der Waals surface area (Å²) in [5, 5.41) is 9.33. The molecule has 3 aromatic rings. The van der Waals surface area contributed by atoms with Gasteiger partial charge in [-0.25, -0.2) is 9.78 Å². The van der Waals surface area contributed by atoms with E-state index < -0.39 is 17.7 Å². The van der Waals surface area contributed by atoms with Gasteiger partial charge >= 0.3 is 12.1 Å². The van der Waals surface area contributed by atoms with Crippen molar-refractivity contribution in [3.63, 3.8) is 0 Å². The number of aryl methyl sites for hydroxylation is 1. The zero-order valence-corrected chi connectivity index (χ0v) is 21.1. The molecule has 0 amide bonds. The monoisotopic (exact) mass is 525 g/mol. The fraction of sp³-hybridized carbons (Fsp3) is 0.448. The molecule has 2 aliphatic heterocycles. The Labute approximate surface area is 218 Å². The number of nitrogens with one attached hydrogen (secondary N) is 1. The molecular weight excluding hydrogens is 495 g/mol. The first-order valence-electron chi connectivity index (χ1n) is 13.2. The molecule has 2 aromatic heterocycles. The highest BCUT2D eigenvalue weighted by molar-refractivity contribution is 5.89. The lowest BCUT2D eigenvalue weighted by Crippen LogP contribution is -2.46. The number of aromatic nitrogens is 2. The van der Waals surface area contributed by atoms with Gasteiger partial charge in [-0.3, -0.25) is 0 Å². The molecule has 2 bridgehead atoms. The first kappa shape index (κ1) is 25.0. The number of rotatable bonds is 7. The molecule has 6 nitrogen and oxygen atoms in total. The summed E-state index contributed by atoms with van der Waals surface area (Å²) in [6.45, 7) is 1.99. The number of ether oxygens (including phenoxy) is 1. The van der Waals surface area contributed by atoms with Gasteiger partial charge in [0.25, 0.3) is 0 Å². The molecule has 2 N–H and O–H groups in total. The number of nitrogens with zero attached hydrogens (tertiary/aromatic N) is 2. The van der Waals surface area contributed by atoms with Gasteiger partial charge in [-0.2, -0.15) is 13.2 Å². The maximum atomic E-state index is 13.8. The molecule has 200 valence electrons. The lowest BCUT2D eigenvalue weighted by Gasteiger charge is -2.40. The first-order chi connectivity index (χ1) is 18.2. The summed E-state index contributed by atoms with van der Waals surface area (Å²) in [5.41, 5.74) is 2.66. The quantitative estimate of drug-likeness (QED) is 0.359. The highest BCUT2D eigenvalue weighted by atomic mass is 19.4. The number of fused-ring (bicyclic) bond motifs is 2. The molecule has 9 heteroatoms. The van der Waals surface area contributed by atoms with Crippen LogP contribution in [0.4, 0.5) is 19.0 Å². The van der Waals surface area contributed by atoms with Gasteiger partial charge in [0.15, 0.2) is 0 Å². The average Bonchev–Trinajstić information content (AvgIpc) is 3.57. The molecule has 3 aliphatic rings. The van der Waals surface area contributed by atoms with Gasteiger partial charge in [0.2, 0.25) is 0 Å². The molecule has 6 rings (SSSR count). The highest BCUT2D eigenvalue weighted by Crippen LogP contribution is 2.46. The smallest absolute Gasteiger partial charge is 0.417 e. The van der Waals surface area contributed by atoms with Gasteiger partial charge in [-0.05, 0) is 75.1 Å². The van der Waals surface area contributed by atoms with Crippen LogP contribution in [0.15, 0.2) is 42.6 Å². The number of carboxylic acids is 1. The Kier molecular flexibility index (Phi) is 6.21. The van der Waals surface area contributed by atoms with E-state index >= 15 is 0 Å². The molecule has 1 aliphatic carbocycles. The minimum atomic E-state index is -4.44. The summed E-state index contributed by atoms with van der Waals surface area (Å²) in [7, 11) is 0. The Morgan fingerprint density at radius 2 is 1.79 bits per heavy atom. The zero-order valence-electron chi connectivity index (χ0n) is 21.1. The molecule has 3 fully saturated rings. The van der Waals surface area contributed by atoms with E-state index in [-0.39, 0.29) is 35.9 Å². The van der Waals surface area contributed by atoms with Crippen molar-refractivity contribution in [3.05, 3.63) is 70.7 Å². The van der Waals surface area contributed by atoms with E-state index in [2.05, 4.69) is 14.9 Å². The van der Waals surface area contributed by atoms with E-state index in [1.807, 2.05) is 0 Å². The molecule has 38 heavy (non-hydrogen) atoms. The summed E-state index contributed by atoms with van der Waals surface area (Å²) in [6.07, 6.45) is 2.94. The number of anilines is 1.